The molecule has 5 nitrogen and oxygen atoms in total. The van der Waals surface area contributed by atoms with Crippen molar-refractivity contribution < 1.29 is 10.0 Å². The highest BCUT2D eigenvalue weighted by Gasteiger charge is 2.05. The minimum absolute atomic E-state index is 0.518. The van der Waals surface area contributed by atoms with E-state index >= 15 is 0 Å². The minimum atomic E-state index is -0.518. The maximum absolute atomic E-state index is 11.2. The molecule has 0 bridgehead atoms. The first kappa shape index (κ1) is 22.2. The molecule has 5 heteroatoms. The van der Waals surface area contributed by atoms with Crippen LogP contribution in [0.15, 0.2) is 24.3 Å². The molecule has 0 aliphatic carbocycles. The Kier molecular flexibility index (Phi) is 11.4. The fourth-order valence-electron chi connectivity index (χ4n) is 2.94. The maximum atomic E-state index is 11.2. The first-order chi connectivity index (χ1) is 12.6. The number of aryl methyl sites for hydroxylation is 1. The van der Waals surface area contributed by atoms with E-state index in [0.717, 1.165) is 38.2 Å². The van der Waals surface area contributed by atoms with E-state index in [-0.39, 0.29) is 0 Å². The van der Waals surface area contributed by atoms with Gasteiger partial charge in [0.15, 0.2) is 0 Å². The molecule has 0 saturated heterocycles. The van der Waals surface area contributed by atoms with Crippen molar-refractivity contribution in [2.75, 3.05) is 31.5 Å². The molecule has 0 atom stereocenters. The number of rotatable bonds is 13. The molecule has 0 spiro atoms. The molecule has 3 N–H and O–H groups in total. The Morgan fingerprint density at radius 1 is 1.15 bits per heavy atom. The lowest BCUT2D eigenvalue weighted by molar-refractivity contribution is -0.124. The molecule has 0 aromatic heterocycles. The Morgan fingerprint density at radius 2 is 1.92 bits per heavy atom. The summed E-state index contributed by atoms with van der Waals surface area (Å²) in [5.41, 5.74) is 5.05. The van der Waals surface area contributed by atoms with Crippen LogP contribution in [0.4, 0.5) is 5.69 Å². The van der Waals surface area contributed by atoms with Crippen LogP contribution in [0.3, 0.4) is 0 Å². The largest absolute Gasteiger partial charge is 0.384 e. The van der Waals surface area contributed by atoms with Crippen LogP contribution in [0.2, 0.25) is 0 Å². The zero-order valence-corrected chi connectivity index (χ0v) is 16.6. The van der Waals surface area contributed by atoms with Gasteiger partial charge in [-0.2, -0.15) is 0 Å². The minimum Gasteiger partial charge on any atom is -0.384 e. The number of hydrogen-bond acceptors (Lipinski definition) is 4. The van der Waals surface area contributed by atoms with Crippen molar-refractivity contribution in [1.29, 1.82) is 0 Å². The Balaban J connectivity index is 2.78. The number of carbonyl (C=O) groups is 1. The average Bonchev–Trinajstić information content (AvgIpc) is 2.67. The molecule has 0 heterocycles. The monoisotopic (exact) mass is 361 g/mol. The molecule has 146 valence electrons. The standard InChI is InChI=1S/C21H35N3O2/c1-4-7-8-9-10-19-17-18(12-14-21(25)23-26)11-13-20(19)22-15-16-24(5-2)6-3/h11-14,17,22,26H,4-10,15-16H2,1-3H3,(H,23,25)/b14-12+. The third-order valence-corrected chi connectivity index (χ3v) is 4.60. The number of carbonyl (C=O) groups excluding carboxylic acids is 1. The van der Waals surface area contributed by atoms with Gasteiger partial charge in [-0.25, -0.2) is 5.48 Å². The summed E-state index contributed by atoms with van der Waals surface area (Å²) in [6.07, 6.45) is 8.99. The third kappa shape index (κ3) is 8.50. The summed E-state index contributed by atoms with van der Waals surface area (Å²) in [6.45, 7) is 10.7. The predicted molar refractivity (Wildman–Crippen MR) is 110 cm³/mol. The van der Waals surface area contributed by atoms with E-state index in [1.54, 1.807) is 11.6 Å². The second kappa shape index (κ2) is 13.4. The lowest BCUT2D eigenvalue weighted by Gasteiger charge is -2.19. The van der Waals surface area contributed by atoms with Crippen molar-refractivity contribution in [3.05, 3.63) is 35.4 Å². The molecular weight excluding hydrogens is 326 g/mol. The number of hydroxylamine groups is 1. The lowest BCUT2D eigenvalue weighted by atomic mass is 10.0. The number of unbranched alkanes of at least 4 members (excludes halogenated alkanes) is 3. The lowest BCUT2D eigenvalue weighted by Crippen LogP contribution is -2.28. The smallest absolute Gasteiger partial charge is 0.267 e. The van der Waals surface area contributed by atoms with Gasteiger partial charge in [0.2, 0.25) is 0 Å². The Bertz CT molecular complexity index is 554. The summed E-state index contributed by atoms with van der Waals surface area (Å²) in [5.74, 6) is -0.518. The molecule has 0 fully saturated rings. The van der Waals surface area contributed by atoms with Crippen LogP contribution in [-0.4, -0.2) is 42.2 Å². The molecule has 1 aromatic carbocycles. The summed E-state index contributed by atoms with van der Waals surface area (Å²) in [7, 11) is 0. The topological polar surface area (TPSA) is 64.6 Å². The second-order valence-corrected chi connectivity index (χ2v) is 6.49. The number of benzene rings is 1. The number of likely N-dealkylation sites (N-methyl/N-ethyl adjacent to an activating group) is 1. The average molecular weight is 362 g/mol. The highest BCUT2D eigenvalue weighted by atomic mass is 16.5. The Labute approximate surface area is 158 Å². The van der Waals surface area contributed by atoms with Crippen LogP contribution in [-0.2, 0) is 11.2 Å². The van der Waals surface area contributed by atoms with E-state index in [9.17, 15) is 4.79 Å². The van der Waals surface area contributed by atoms with Crippen molar-refractivity contribution in [1.82, 2.24) is 10.4 Å². The fourth-order valence-corrected chi connectivity index (χ4v) is 2.94. The van der Waals surface area contributed by atoms with Crippen molar-refractivity contribution in [2.24, 2.45) is 0 Å². The van der Waals surface area contributed by atoms with Crippen LogP contribution in [0.25, 0.3) is 6.08 Å². The van der Waals surface area contributed by atoms with Gasteiger partial charge in [-0.05, 0) is 55.3 Å². The van der Waals surface area contributed by atoms with E-state index in [4.69, 9.17) is 5.21 Å². The van der Waals surface area contributed by atoms with Gasteiger partial charge in [0.1, 0.15) is 0 Å². The summed E-state index contributed by atoms with van der Waals surface area (Å²) in [6, 6.07) is 6.22. The first-order valence-corrected chi connectivity index (χ1v) is 9.85. The Hall–Kier alpha value is -1.85. The van der Waals surface area contributed by atoms with Gasteiger partial charge in [0.05, 0.1) is 0 Å². The number of nitrogens with zero attached hydrogens (tertiary/aromatic N) is 1. The summed E-state index contributed by atoms with van der Waals surface area (Å²) in [4.78, 5) is 13.6. The zero-order valence-electron chi connectivity index (χ0n) is 16.6. The highest BCUT2D eigenvalue weighted by Crippen LogP contribution is 2.21. The first-order valence-electron chi connectivity index (χ1n) is 9.85. The van der Waals surface area contributed by atoms with Crippen molar-refractivity contribution in [3.8, 4) is 0 Å². The molecule has 0 unspecified atom stereocenters. The van der Waals surface area contributed by atoms with E-state index in [1.807, 2.05) is 6.07 Å². The van der Waals surface area contributed by atoms with E-state index < -0.39 is 5.91 Å². The molecule has 0 radical (unpaired) electrons. The number of amides is 1. The summed E-state index contributed by atoms with van der Waals surface area (Å²) >= 11 is 0. The molecule has 1 aromatic rings. The molecular formula is C21H35N3O2. The quantitative estimate of drug-likeness (QED) is 0.214. The van der Waals surface area contributed by atoms with Crippen LogP contribution in [0.5, 0.6) is 0 Å². The zero-order chi connectivity index (χ0) is 19.2. The molecule has 0 aliphatic heterocycles. The van der Waals surface area contributed by atoms with Crippen molar-refractivity contribution in [2.45, 2.75) is 52.9 Å². The number of hydrogen-bond donors (Lipinski definition) is 3. The number of nitrogens with one attached hydrogen (secondary N) is 2. The molecule has 0 aliphatic rings. The van der Waals surface area contributed by atoms with E-state index in [0.29, 0.717) is 0 Å². The summed E-state index contributed by atoms with van der Waals surface area (Å²) < 4.78 is 0. The third-order valence-electron chi connectivity index (χ3n) is 4.60. The van der Waals surface area contributed by atoms with Crippen LogP contribution >= 0.6 is 0 Å². The number of anilines is 1. The van der Waals surface area contributed by atoms with Gasteiger partial charge in [-0.15, -0.1) is 0 Å². The van der Waals surface area contributed by atoms with Gasteiger partial charge in [-0.1, -0.05) is 46.1 Å². The van der Waals surface area contributed by atoms with Gasteiger partial charge >= 0.3 is 0 Å². The molecule has 26 heavy (non-hydrogen) atoms. The van der Waals surface area contributed by atoms with E-state index in [2.05, 4.69) is 43.1 Å². The fraction of sp³-hybridized carbons (Fsp3) is 0.571. The Morgan fingerprint density at radius 3 is 2.58 bits per heavy atom. The normalized spacial score (nSPS) is 11.3. The van der Waals surface area contributed by atoms with Gasteiger partial charge in [0.25, 0.3) is 5.91 Å². The van der Waals surface area contributed by atoms with Crippen LogP contribution < -0.4 is 10.8 Å². The predicted octanol–water partition coefficient (Wildman–Crippen LogP) is 4.08. The molecule has 1 rings (SSSR count). The maximum Gasteiger partial charge on any atom is 0.267 e. The second-order valence-electron chi connectivity index (χ2n) is 6.49. The highest BCUT2D eigenvalue weighted by molar-refractivity contribution is 5.90. The van der Waals surface area contributed by atoms with Crippen LogP contribution in [0.1, 0.15) is 57.6 Å². The summed E-state index contributed by atoms with van der Waals surface area (Å²) in [5, 5.41) is 12.2. The van der Waals surface area contributed by atoms with E-state index in [1.165, 1.54) is 43.0 Å². The molecule has 0 saturated carbocycles. The van der Waals surface area contributed by atoms with Gasteiger partial charge < -0.3 is 10.2 Å². The van der Waals surface area contributed by atoms with Crippen molar-refractivity contribution in [3.63, 3.8) is 0 Å². The molecule has 1 amide bonds. The SMILES string of the molecule is CCCCCCc1cc(/C=C/C(=O)NO)ccc1NCCN(CC)CC. The van der Waals surface area contributed by atoms with Gasteiger partial charge in [0, 0.05) is 24.9 Å². The van der Waals surface area contributed by atoms with Crippen LogP contribution in [0, 0.1) is 0 Å². The van der Waals surface area contributed by atoms with Crippen molar-refractivity contribution >= 4 is 17.7 Å². The van der Waals surface area contributed by atoms with Gasteiger partial charge in [-0.3, -0.25) is 10.0 Å².